The normalized spacial score (nSPS) is 12.3. The van der Waals surface area contributed by atoms with Gasteiger partial charge in [-0.2, -0.15) is 0 Å². The number of carbonyl (C=O) groups excluding carboxylic acids is 1. The van der Waals surface area contributed by atoms with Crippen LogP contribution < -0.4 is 20.1 Å². The highest BCUT2D eigenvalue weighted by Gasteiger charge is 2.13. The van der Waals surface area contributed by atoms with Gasteiger partial charge in [0.25, 0.3) is 5.91 Å². The summed E-state index contributed by atoms with van der Waals surface area (Å²) in [6.45, 7) is 1.03. The number of thiazole rings is 1. The van der Waals surface area contributed by atoms with Gasteiger partial charge in [0, 0.05) is 18.7 Å². The summed E-state index contributed by atoms with van der Waals surface area (Å²) in [7, 11) is 0. The first-order chi connectivity index (χ1) is 12.7. The second kappa shape index (κ2) is 7.19. The number of aliphatic hydroxyl groups excluding tert-OH is 1. The summed E-state index contributed by atoms with van der Waals surface area (Å²) in [4.78, 5) is 16.5. The Bertz CT molecular complexity index is 957. The summed E-state index contributed by atoms with van der Waals surface area (Å²) in [6.07, 6.45) is 0. The van der Waals surface area contributed by atoms with Crippen molar-refractivity contribution in [2.45, 2.75) is 6.54 Å². The molecule has 1 aromatic heterocycles. The highest BCUT2D eigenvalue weighted by molar-refractivity contribution is 7.22. The third-order valence-corrected chi connectivity index (χ3v) is 4.90. The van der Waals surface area contributed by atoms with E-state index < -0.39 is 0 Å². The number of benzene rings is 2. The number of nitrogens with one attached hydrogen (secondary N) is 2. The quantitative estimate of drug-likeness (QED) is 0.616. The van der Waals surface area contributed by atoms with Gasteiger partial charge in [-0.05, 0) is 35.9 Å². The van der Waals surface area contributed by atoms with Gasteiger partial charge in [-0.25, -0.2) is 4.98 Å². The van der Waals surface area contributed by atoms with Crippen LogP contribution in [-0.2, 0) is 6.54 Å². The van der Waals surface area contributed by atoms with Gasteiger partial charge in [-0.15, -0.1) is 0 Å². The van der Waals surface area contributed by atoms with Gasteiger partial charge in [-0.3, -0.25) is 4.79 Å². The van der Waals surface area contributed by atoms with Crippen molar-refractivity contribution in [2.75, 3.05) is 25.3 Å². The average Bonchev–Trinajstić information content (AvgIpc) is 3.29. The molecule has 0 unspecified atom stereocenters. The molecule has 4 rings (SSSR count). The van der Waals surface area contributed by atoms with E-state index in [2.05, 4.69) is 15.6 Å². The highest BCUT2D eigenvalue weighted by Crippen LogP contribution is 2.33. The van der Waals surface area contributed by atoms with Crippen molar-refractivity contribution in [1.29, 1.82) is 0 Å². The van der Waals surface area contributed by atoms with Crippen LogP contribution in [0.1, 0.15) is 15.9 Å². The molecule has 0 spiro atoms. The summed E-state index contributed by atoms with van der Waals surface area (Å²) < 4.78 is 11.6. The number of hydrogen-bond donors (Lipinski definition) is 3. The Kier molecular flexibility index (Phi) is 4.59. The molecule has 1 amide bonds. The Hall–Kier alpha value is -2.84. The number of carbonyl (C=O) groups is 1. The number of amides is 1. The van der Waals surface area contributed by atoms with Crippen LogP contribution in [0, 0.1) is 0 Å². The van der Waals surface area contributed by atoms with Crippen molar-refractivity contribution >= 4 is 32.6 Å². The Morgan fingerprint density at radius 3 is 2.96 bits per heavy atom. The SMILES string of the molecule is O=C(NCCO)c1ccc2nc(NCc3ccc4c(c3)OCO4)sc2c1. The Morgan fingerprint density at radius 2 is 2.08 bits per heavy atom. The van der Waals surface area contributed by atoms with Gasteiger partial charge in [0.15, 0.2) is 16.6 Å². The van der Waals surface area contributed by atoms with Gasteiger partial charge in [0.1, 0.15) is 0 Å². The summed E-state index contributed by atoms with van der Waals surface area (Å²) in [5, 5.41) is 15.5. The standard InChI is InChI=1S/C18H17N3O4S/c22-6-5-19-17(23)12-2-3-13-16(8-12)26-18(21-13)20-9-11-1-4-14-15(7-11)25-10-24-14/h1-4,7-8,22H,5-6,9-10H2,(H,19,23)(H,20,21). The lowest BCUT2D eigenvalue weighted by Gasteiger charge is -2.04. The first-order valence-corrected chi connectivity index (χ1v) is 8.96. The van der Waals surface area contributed by atoms with E-state index in [0.717, 1.165) is 32.4 Å². The molecule has 3 N–H and O–H groups in total. The molecule has 0 atom stereocenters. The second-order valence-electron chi connectivity index (χ2n) is 5.72. The Morgan fingerprint density at radius 1 is 1.19 bits per heavy atom. The molecule has 2 aromatic carbocycles. The van der Waals surface area contributed by atoms with Gasteiger partial charge >= 0.3 is 0 Å². The minimum Gasteiger partial charge on any atom is -0.454 e. The molecule has 1 aliphatic heterocycles. The molecule has 0 saturated heterocycles. The molecule has 1 aliphatic rings. The Balaban J connectivity index is 1.46. The minimum absolute atomic E-state index is 0.0809. The first kappa shape index (κ1) is 16.6. The van der Waals surface area contributed by atoms with Crippen LogP contribution in [0.3, 0.4) is 0 Å². The maximum Gasteiger partial charge on any atom is 0.251 e. The van der Waals surface area contributed by atoms with E-state index in [4.69, 9.17) is 14.6 Å². The van der Waals surface area contributed by atoms with Crippen LogP contribution >= 0.6 is 11.3 Å². The number of fused-ring (bicyclic) bond motifs is 2. The second-order valence-corrected chi connectivity index (χ2v) is 6.75. The van der Waals surface area contributed by atoms with E-state index in [1.54, 1.807) is 6.07 Å². The number of ether oxygens (including phenoxy) is 2. The van der Waals surface area contributed by atoms with Crippen LogP contribution in [0.25, 0.3) is 10.2 Å². The van der Waals surface area contributed by atoms with E-state index in [9.17, 15) is 4.79 Å². The fraction of sp³-hybridized carbons (Fsp3) is 0.222. The zero-order valence-electron chi connectivity index (χ0n) is 13.8. The first-order valence-electron chi connectivity index (χ1n) is 8.15. The molecule has 0 aliphatic carbocycles. The van der Waals surface area contributed by atoms with Crippen molar-refractivity contribution < 1.29 is 19.4 Å². The molecule has 26 heavy (non-hydrogen) atoms. The molecule has 2 heterocycles. The maximum absolute atomic E-state index is 12.0. The number of aromatic nitrogens is 1. The lowest BCUT2D eigenvalue weighted by molar-refractivity contribution is 0.0945. The molecule has 3 aromatic rings. The number of aliphatic hydroxyl groups is 1. The highest BCUT2D eigenvalue weighted by atomic mass is 32.1. The van der Waals surface area contributed by atoms with E-state index >= 15 is 0 Å². The lowest BCUT2D eigenvalue weighted by atomic mass is 10.2. The molecule has 0 radical (unpaired) electrons. The topological polar surface area (TPSA) is 92.7 Å². The zero-order valence-corrected chi connectivity index (χ0v) is 14.6. The van der Waals surface area contributed by atoms with Gasteiger partial charge in [-0.1, -0.05) is 17.4 Å². The predicted molar refractivity (Wildman–Crippen MR) is 98.9 cm³/mol. The number of rotatable bonds is 6. The van der Waals surface area contributed by atoms with Crippen molar-refractivity contribution in [3.63, 3.8) is 0 Å². The third-order valence-electron chi connectivity index (χ3n) is 3.93. The van der Waals surface area contributed by atoms with Crippen LogP contribution in [0.15, 0.2) is 36.4 Å². The molecule has 0 fully saturated rings. The van der Waals surface area contributed by atoms with Crippen LogP contribution in [-0.4, -0.2) is 35.9 Å². The fourth-order valence-electron chi connectivity index (χ4n) is 2.64. The smallest absolute Gasteiger partial charge is 0.251 e. The number of nitrogens with zero attached hydrogens (tertiary/aromatic N) is 1. The summed E-state index contributed by atoms with van der Waals surface area (Å²) in [5.74, 6) is 1.32. The van der Waals surface area contributed by atoms with Crippen LogP contribution in [0.5, 0.6) is 11.5 Å². The summed E-state index contributed by atoms with van der Waals surface area (Å²) in [5.41, 5.74) is 2.45. The molecule has 8 heteroatoms. The predicted octanol–water partition coefficient (Wildman–Crippen LogP) is 2.36. The van der Waals surface area contributed by atoms with Gasteiger partial charge < -0.3 is 25.2 Å². The van der Waals surface area contributed by atoms with Crippen LogP contribution in [0.2, 0.25) is 0 Å². The molecular formula is C18H17N3O4S. The third kappa shape index (κ3) is 3.42. The van der Waals surface area contributed by atoms with Crippen LogP contribution in [0.4, 0.5) is 5.13 Å². The summed E-state index contributed by atoms with van der Waals surface area (Å²) >= 11 is 1.49. The van der Waals surface area contributed by atoms with Gasteiger partial charge in [0.2, 0.25) is 6.79 Å². The number of hydrogen-bond acceptors (Lipinski definition) is 7. The summed E-state index contributed by atoms with van der Waals surface area (Å²) in [6, 6.07) is 11.2. The van der Waals surface area contributed by atoms with E-state index in [-0.39, 0.29) is 25.9 Å². The van der Waals surface area contributed by atoms with Crippen molar-refractivity contribution in [3.05, 3.63) is 47.5 Å². The zero-order chi connectivity index (χ0) is 17.9. The number of anilines is 1. The van der Waals surface area contributed by atoms with E-state index in [0.29, 0.717) is 12.1 Å². The van der Waals surface area contributed by atoms with Crippen molar-refractivity contribution in [1.82, 2.24) is 10.3 Å². The molecule has 7 nitrogen and oxygen atoms in total. The fourth-order valence-corrected chi connectivity index (χ4v) is 3.54. The molecule has 134 valence electrons. The monoisotopic (exact) mass is 371 g/mol. The van der Waals surface area contributed by atoms with Gasteiger partial charge in [0.05, 0.1) is 16.8 Å². The molecule has 0 bridgehead atoms. The maximum atomic E-state index is 12.0. The average molecular weight is 371 g/mol. The Labute approximate surface area is 153 Å². The lowest BCUT2D eigenvalue weighted by Crippen LogP contribution is -2.26. The van der Waals surface area contributed by atoms with Crippen molar-refractivity contribution in [2.24, 2.45) is 0 Å². The molecular weight excluding hydrogens is 354 g/mol. The van der Waals surface area contributed by atoms with Crippen molar-refractivity contribution in [3.8, 4) is 11.5 Å². The van der Waals surface area contributed by atoms with E-state index in [1.165, 1.54) is 11.3 Å². The minimum atomic E-state index is -0.204. The molecule has 0 saturated carbocycles. The van der Waals surface area contributed by atoms with E-state index in [1.807, 2.05) is 30.3 Å². The largest absolute Gasteiger partial charge is 0.454 e.